The number of aromatic nitrogens is 2. The third kappa shape index (κ3) is 7.34. The molecule has 3 aromatic rings. The average molecular weight is 495 g/mol. The maximum Gasteiger partial charge on any atom is 0.191 e. The van der Waals surface area contributed by atoms with Gasteiger partial charge in [0.25, 0.3) is 0 Å². The summed E-state index contributed by atoms with van der Waals surface area (Å²) < 4.78 is 2.14. The number of aliphatic imine (C=N–C) groups is 1. The first-order valence-electron chi connectivity index (χ1n) is 8.86. The van der Waals surface area contributed by atoms with Crippen molar-refractivity contribution in [2.45, 2.75) is 25.9 Å². The van der Waals surface area contributed by atoms with Crippen LogP contribution in [0.4, 0.5) is 0 Å². The van der Waals surface area contributed by atoms with Gasteiger partial charge < -0.3 is 15.2 Å². The van der Waals surface area contributed by atoms with Crippen molar-refractivity contribution in [3.05, 3.63) is 76.5 Å². The van der Waals surface area contributed by atoms with Crippen molar-refractivity contribution in [1.29, 1.82) is 0 Å². The van der Waals surface area contributed by atoms with Gasteiger partial charge in [0.15, 0.2) is 5.96 Å². The first-order valence-corrected chi connectivity index (χ1v) is 9.74. The lowest BCUT2D eigenvalue weighted by atomic mass is 10.1. The lowest BCUT2D eigenvalue weighted by Gasteiger charge is -2.11. The molecule has 0 saturated carbocycles. The quantitative estimate of drug-likeness (QED) is 0.285. The van der Waals surface area contributed by atoms with Gasteiger partial charge >= 0.3 is 0 Å². The highest BCUT2D eigenvalue weighted by molar-refractivity contribution is 14.0. The van der Waals surface area contributed by atoms with E-state index < -0.39 is 0 Å². The van der Waals surface area contributed by atoms with Crippen LogP contribution in [0.15, 0.2) is 65.2 Å². The summed E-state index contributed by atoms with van der Waals surface area (Å²) in [6.45, 7) is 2.42. The minimum Gasteiger partial charge on any atom is -0.355 e. The van der Waals surface area contributed by atoms with E-state index in [2.05, 4.69) is 68.3 Å². The maximum atomic E-state index is 4.72. The lowest BCUT2D eigenvalue weighted by Crippen LogP contribution is -2.38. The zero-order valence-corrected chi connectivity index (χ0v) is 18.6. The fraction of sp³-hybridized carbons (Fsp3) is 0.300. The smallest absolute Gasteiger partial charge is 0.191 e. The molecule has 0 saturated heterocycles. The van der Waals surface area contributed by atoms with Crippen LogP contribution in [0, 0.1) is 0 Å². The number of aryl methyl sites for hydroxylation is 2. The molecule has 0 amide bonds. The molecule has 0 unspecified atom stereocenters. The summed E-state index contributed by atoms with van der Waals surface area (Å²) in [5.41, 5.74) is 2.42. The van der Waals surface area contributed by atoms with Crippen molar-refractivity contribution < 1.29 is 0 Å². The summed E-state index contributed by atoms with van der Waals surface area (Å²) in [5, 5.41) is 9.96. The Bertz CT molecular complexity index is 799. The molecule has 2 heterocycles. The highest BCUT2D eigenvalue weighted by atomic mass is 127. The Morgan fingerprint density at radius 2 is 1.85 bits per heavy atom. The minimum atomic E-state index is 0. The van der Waals surface area contributed by atoms with Crippen molar-refractivity contribution in [3.8, 4) is 0 Å². The van der Waals surface area contributed by atoms with Gasteiger partial charge in [-0.15, -0.1) is 35.3 Å². The molecule has 7 heteroatoms. The Balaban J connectivity index is 0.00000261. The highest BCUT2D eigenvalue weighted by Crippen LogP contribution is 2.13. The van der Waals surface area contributed by atoms with E-state index in [1.165, 1.54) is 10.6 Å². The largest absolute Gasteiger partial charge is 0.355 e. The van der Waals surface area contributed by atoms with E-state index in [9.17, 15) is 0 Å². The monoisotopic (exact) mass is 495 g/mol. The summed E-state index contributed by atoms with van der Waals surface area (Å²) in [6.07, 6.45) is 6.14. The molecule has 0 bridgehead atoms. The minimum absolute atomic E-state index is 0. The molecule has 0 aliphatic heterocycles. The molecule has 0 radical (unpaired) electrons. The van der Waals surface area contributed by atoms with Gasteiger partial charge in [0.2, 0.25) is 0 Å². The molecular formula is C20H26IN5S. The Labute approximate surface area is 182 Å². The maximum absolute atomic E-state index is 4.72. The number of halogens is 1. The predicted octanol–water partition coefficient (Wildman–Crippen LogP) is 3.71. The molecule has 0 atom stereocenters. The molecule has 2 N–H and O–H groups in total. The van der Waals surface area contributed by atoms with E-state index in [1.54, 1.807) is 18.4 Å². The van der Waals surface area contributed by atoms with Crippen LogP contribution < -0.4 is 10.6 Å². The number of guanidine groups is 1. The second-order valence-electron chi connectivity index (χ2n) is 5.99. The summed E-state index contributed by atoms with van der Waals surface area (Å²) in [6, 6.07) is 14.6. The van der Waals surface area contributed by atoms with Crippen LogP contribution in [0.2, 0.25) is 0 Å². The molecule has 27 heavy (non-hydrogen) atoms. The summed E-state index contributed by atoms with van der Waals surface area (Å²) in [4.78, 5) is 8.99. The first-order chi connectivity index (χ1) is 12.8. The Morgan fingerprint density at radius 1 is 1.07 bits per heavy atom. The second-order valence-corrected chi connectivity index (χ2v) is 6.93. The molecule has 0 spiro atoms. The van der Waals surface area contributed by atoms with Gasteiger partial charge in [0.1, 0.15) is 0 Å². The molecule has 0 aliphatic carbocycles. The van der Waals surface area contributed by atoms with Gasteiger partial charge in [-0.2, -0.15) is 0 Å². The molecular weight excluding hydrogens is 469 g/mol. The standard InChI is InChI=1S/C20H25N5S.HI/c1-21-20(22-11-14-25-12-5-6-13-25)23-15-18-16-26-19(24-18)10-9-17-7-3-2-4-8-17;/h2-8,12-13,16H,9-11,14-15H2,1H3,(H2,21,22,23);1H. The van der Waals surface area contributed by atoms with Crippen molar-refractivity contribution >= 4 is 41.3 Å². The van der Waals surface area contributed by atoms with E-state index in [4.69, 9.17) is 4.98 Å². The molecule has 2 aromatic heterocycles. The Kier molecular flexibility index (Phi) is 9.34. The van der Waals surface area contributed by atoms with Gasteiger partial charge in [-0.1, -0.05) is 30.3 Å². The van der Waals surface area contributed by atoms with Crippen LogP contribution in [-0.2, 0) is 25.9 Å². The van der Waals surface area contributed by atoms with E-state index in [0.29, 0.717) is 6.54 Å². The number of benzene rings is 1. The van der Waals surface area contributed by atoms with Crippen LogP contribution in [0.25, 0.3) is 0 Å². The van der Waals surface area contributed by atoms with Crippen LogP contribution in [0.3, 0.4) is 0 Å². The zero-order chi connectivity index (χ0) is 18.0. The topological polar surface area (TPSA) is 54.2 Å². The Morgan fingerprint density at radius 3 is 2.59 bits per heavy atom. The number of rotatable bonds is 8. The van der Waals surface area contributed by atoms with E-state index in [0.717, 1.165) is 37.6 Å². The predicted molar refractivity (Wildman–Crippen MR) is 124 cm³/mol. The zero-order valence-electron chi connectivity index (χ0n) is 15.5. The number of hydrogen-bond donors (Lipinski definition) is 2. The van der Waals surface area contributed by atoms with E-state index >= 15 is 0 Å². The van der Waals surface area contributed by atoms with Crippen molar-refractivity contribution in [2.75, 3.05) is 13.6 Å². The van der Waals surface area contributed by atoms with Crippen LogP contribution in [0.5, 0.6) is 0 Å². The van der Waals surface area contributed by atoms with E-state index in [1.807, 2.05) is 12.1 Å². The summed E-state index contributed by atoms with van der Waals surface area (Å²) >= 11 is 1.73. The molecule has 3 rings (SSSR count). The van der Waals surface area contributed by atoms with Crippen LogP contribution in [0.1, 0.15) is 16.3 Å². The van der Waals surface area contributed by atoms with Gasteiger partial charge in [0.05, 0.1) is 17.2 Å². The van der Waals surface area contributed by atoms with Crippen molar-refractivity contribution in [1.82, 2.24) is 20.2 Å². The molecule has 144 valence electrons. The third-order valence-electron chi connectivity index (χ3n) is 4.06. The lowest BCUT2D eigenvalue weighted by molar-refractivity contribution is 0.664. The van der Waals surface area contributed by atoms with Crippen LogP contribution >= 0.6 is 35.3 Å². The number of nitrogens with zero attached hydrogens (tertiary/aromatic N) is 3. The summed E-state index contributed by atoms with van der Waals surface area (Å²) in [5.74, 6) is 0.802. The fourth-order valence-electron chi connectivity index (χ4n) is 2.66. The first kappa shape index (κ1) is 21.4. The van der Waals surface area contributed by atoms with Gasteiger partial charge in [-0.05, 0) is 24.1 Å². The molecule has 1 aromatic carbocycles. The van der Waals surface area contributed by atoms with E-state index in [-0.39, 0.29) is 24.0 Å². The average Bonchev–Trinajstić information content (AvgIpc) is 3.35. The van der Waals surface area contributed by atoms with Crippen molar-refractivity contribution in [2.24, 2.45) is 4.99 Å². The fourth-order valence-corrected chi connectivity index (χ4v) is 3.46. The third-order valence-corrected chi connectivity index (χ3v) is 5.02. The molecule has 0 fully saturated rings. The SMILES string of the molecule is CN=C(NCCn1cccc1)NCc1csc(CCc2ccccc2)n1.I. The summed E-state index contributed by atoms with van der Waals surface area (Å²) in [7, 11) is 1.79. The van der Waals surface area contributed by atoms with Gasteiger partial charge in [-0.3, -0.25) is 4.99 Å². The molecule has 5 nitrogen and oxygen atoms in total. The normalized spacial score (nSPS) is 11.1. The van der Waals surface area contributed by atoms with Crippen LogP contribution in [-0.4, -0.2) is 29.1 Å². The number of hydrogen-bond acceptors (Lipinski definition) is 3. The highest BCUT2D eigenvalue weighted by Gasteiger charge is 2.04. The van der Waals surface area contributed by atoms with Crippen molar-refractivity contribution in [3.63, 3.8) is 0 Å². The van der Waals surface area contributed by atoms with Gasteiger partial charge in [0, 0.05) is 44.3 Å². The van der Waals surface area contributed by atoms with Gasteiger partial charge in [-0.25, -0.2) is 4.98 Å². The number of thiazole rings is 1. The number of nitrogens with one attached hydrogen (secondary N) is 2. The molecule has 0 aliphatic rings. The Hall–Kier alpha value is -1.87. The second kappa shape index (κ2) is 11.8.